The van der Waals surface area contributed by atoms with Gasteiger partial charge in [0.1, 0.15) is 0 Å². The summed E-state index contributed by atoms with van der Waals surface area (Å²) >= 11 is 0. The lowest BCUT2D eigenvalue weighted by atomic mass is 9.78. The van der Waals surface area contributed by atoms with E-state index in [-0.39, 0.29) is 23.6 Å². The van der Waals surface area contributed by atoms with Crippen LogP contribution in [-0.2, 0) is 22.0 Å². The van der Waals surface area contributed by atoms with Crippen molar-refractivity contribution in [1.82, 2.24) is 10.0 Å². The summed E-state index contributed by atoms with van der Waals surface area (Å²) in [5.41, 5.74) is -1.22. The Morgan fingerprint density at radius 2 is 1.96 bits per heavy atom. The predicted molar refractivity (Wildman–Crippen MR) is 86.9 cm³/mol. The summed E-state index contributed by atoms with van der Waals surface area (Å²) in [5.74, 6) is -0.685. The maximum atomic E-state index is 13.0. The molecule has 1 heterocycles. The zero-order chi connectivity index (χ0) is 18.0. The van der Waals surface area contributed by atoms with Crippen molar-refractivity contribution in [3.8, 4) is 0 Å². The molecule has 1 aromatic rings. The van der Waals surface area contributed by atoms with E-state index in [1.165, 1.54) is 18.2 Å². The van der Waals surface area contributed by atoms with Crippen LogP contribution in [0.2, 0.25) is 0 Å². The van der Waals surface area contributed by atoms with E-state index in [0.717, 1.165) is 25.5 Å². The van der Waals surface area contributed by atoms with E-state index in [2.05, 4.69) is 23.9 Å². The Balaban J connectivity index is 2.07. The third-order valence-electron chi connectivity index (χ3n) is 4.51. The van der Waals surface area contributed by atoms with Crippen molar-refractivity contribution < 1.29 is 21.6 Å². The van der Waals surface area contributed by atoms with E-state index >= 15 is 0 Å². The van der Waals surface area contributed by atoms with Crippen molar-refractivity contribution >= 4 is 10.0 Å². The molecule has 24 heavy (non-hydrogen) atoms. The molecule has 8 heteroatoms. The lowest BCUT2D eigenvalue weighted by molar-refractivity contribution is -0.138. The topological polar surface area (TPSA) is 58.2 Å². The number of sulfonamides is 1. The summed E-state index contributed by atoms with van der Waals surface area (Å²) in [6, 6.07) is 4.72. The molecule has 1 atom stereocenters. The molecule has 1 fully saturated rings. The molecule has 1 unspecified atom stereocenters. The van der Waals surface area contributed by atoms with Crippen molar-refractivity contribution in [2.24, 2.45) is 5.41 Å². The Labute approximate surface area is 140 Å². The van der Waals surface area contributed by atoms with Gasteiger partial charge < -0.3 is 5.32 Å². The van der Waals surface area contributed by atoms with E-state index in [9.17, 15) is 21.6 Å². The molecule has 0 aromatic heterocycles. The Hall–Kier alpha value is -1.12. The van der Waals surface area contributed by atoms with Gasteiger partial charge in [-0.05, 0) is 36.4 Å². The quantitative estimate of drug-likeness (QED) is 0.845. The summed E-state index contributed by atoms with van der Waals surface area (Å²) in [5, 5.41) is 3.27. The van der Waals surface area contributed by atoms with Crippen LogP contribution >= 0.6 is 0 Å². The molecule has 2 rings (SSSR count). The van der Waals surface area contributed by atoms with Gasteiger partial charge in [0.25, 0.3) is 0 Å². The van der Waals surface area contributed by atoms with E-state index in [0.29, 0.717) is 0 Å². The molecule has 0 spiro atoms. The molecule has 0 saturated carbocycles. The molecule has 1 aliphatic heterocycles. The van der Waals surface area contributed by atoms with Crippen LogP contribution < -0.4 is 10.0 Å². The van der Waals surface area contributed by atoms with E-state index in [1.807, 2.05) is 0 Å². The van der Waals surface area contributed by atoms with Crippen LogP contribution in [0, 0.1) is 5.41 Å². The van der Waals surface area contributed by atoms with Gasteiger partial charge in [0.15, 0.2) is 0 Å². The smallest absolute Gasteiger partial charge is 0.312 e. The molecular formula is C16H23F3N2O2S. The fraction of sp³-hybridized carbons (Fsp3) is 0.625. The molecule has 0 bridgehead atoms. The number of hydrogen-bond donors (Lipinski definition) is 2. The number of piperidine rings is 1. The molecule has 1 aromatic carbocycles. The SMILES string of the molecule is CC1(C)CCCNC1CNS(=O)(=O)Cc1ccccc1C(F)(F)F. The van der Waals surface area contributed by atoms with Gasteiger partial charge in [0.2, 0.25) is 10.0 Å². The molecule has 2 N–H and O–H groups in total. The summed E-state index contributed by atoms with van der Waals surface area (Å²) in [4.78, 5) is 0. The van der Waals surface area contributed by atoms with Crippen LogP contribution in [0.1, 0.15) is 37.8 Å². The fourth-order valence-electron chi connectivity index (χ4n) is 3.01. The lowest BCUT2D eigenvalue weighted by Gasteiger charge is -2.39. The van der Waals surface area contributed by atoms with Crippen molar-refractivity contribution in [1.29, 1.82) is 0 Å². The van der Waals surface area contributed by atoms with Crippen LogP contribution in [0.4, 0.5) is 13.2 Å². The van der Waals surface area contributed by atoms with Crippen LogP contribution in [0.15, 0.2) is 24.3 Å². The Morgan fingerprint density at radius 3 is 2.58 bits per heavy atom. The second kappa shape index (κ2) is 7.01. The predicted octanol–water partition coefficient (Wildman–Crippen LogP) is 2.90. The molecule has 1 saturated heterocycles. The second-order valence-corrected chi connectivity index (χ2v) is 8.67. The molecule has 136 valence electrons. The normalized spacial score (nSPS) is 21.6. The van der Waals surface area contributed by atoms with Gasteiger partial charge in [0, 0.05) is 12.6 Å². The van der Waals surface area contributed by atoms with Gasteiger partial charge in [0.05, 0.1) is 11.3 Å². The molecule has 1 aliphatic rings. The zero-order valence-corrected chi connectivity index (χ0v) is 14.6. The lowest BCUT2D eigenvalue weighted by Crippen LogP contribution is -2.52. The maximum Gasteiger partial charge on any atom is 0.416 e. The third kappa shape index (κ3) is 4.94. The van der Waals surface area contributed by atoms with E-state index in [4.69, 9.17) is 0 Å². The Bertz CT molecular complexity index is 672. The van der Waals surface area contributed by atoms with Gasteiger partial charge in [-0.2, -0.15) is 13.2 Å². The minimum absolute atomic E-state index is 0.0427. The van der Waals surface area contributed by atoms with E-state index in [1.54, 1.807) is 0 Å². The number of hydrogen-bond acceptors (Lipinski definition) is 3. The van der Waals surface area contributed by atoms with Crippen molar-refractivity contribution in [3.63, 3.8) is 0 Å². The largest absolute Gasteiger partial charge is 0.416 e. The Kier molecular flexibility index (Phi) is 5.61. The third-order valence-corrected chi connectivity index (χ3v) is 5.81. The average molecular weight is 364 g/mol. The molecule has 4 nitrogen and oxygen atoms in total. The first-order chi connectivity index (χ1) is 11.0. The second-order valence-electron chi connectivity index (χ2n) is 6.86. The number of alkyl halides is 3. The standard InChI is InChI=1S/C16H23F3N2O2S/c1-15(2)8-5-9-20-14(15)10-21-24(22,23)11-12-6-3-4-7-13(12)16(17,18)19/h3-4,6-7,14,20-21H,5,8-11H2,1-2H3. The summed E-state index contributed by atoms with van der Waals surface area (Å²) < 4.78 is 65.8. The highest BCUT2D eigenvalue weighted by molar-refractivity contribution is 7.88. The highest BCUT2D eigenvalue weighted by atomic mass is 32.2. The monoisotopic (exact) mass is 364 g/mol. The van der Waals surface area contributed by atoms with Crippen LogP contribution in [0.5, 0.6) is 0 Å². The first kappa shape index (κ1) is 19.2. The van der Waals surface area contributed by atoms with Crippen molar-refractivity contribution in [2.75, 3.05) is 13.1 Å². The fourth-order valence-corrected chi connectivity index (χ4v) is 4.19. The number of halogens is 3. The average Bonchev–Trinajstić information content (AvgIpc) is 2.44. The van der Waals surface area contributed by atoms with Crippen molar-refractivity contribution in [3.05, 3.63) is 35.4 Å². The molecule has 0 aliphatic carbocycles. The van der Waals surface area contributed by atoms with Crippen LogP contribution in [0.25, 0.3) is 0 Å². The first-order valence-corrected chi connectivity index (χ1v) is 9.52. The minimum atomic E-state index is -4.57. The van der Waals surface area contributed by atoms with Gasteiger partial charge >= 0.3 is 6.18 Å². The number of nitrogens with one attached hydrogen (secondary N) is 2. The molecule has 0 radical (unpaired) electrons. The number of rotatable bonds is 5. The molecule has 0 amide bonds. The van der Waals surface area contributed by atoms with Crippen molar-refractivity contribution in [2.45, 2.75) is 44.7 Å². The first-order valence-electron chi connectivity index (χ1n) is 7.87. The minimum Gasteiger partial charge on any atom is -0.312 e. The van der Waals surface area contributed by atoms with Gasteiger partial charge in [-0.15, -0.1) is 0 Å². The molecular weight excluding hydrogens is 341 g/mol. The van der Waals surface area contributed by atoms with Gasteiger partial charge in [-0.25, -0.2) is 13.1 Å². The van der Waals surface area contributed by atoms with Crippen LogP contribution in [-0.4, -0.2) is 27.5 Å². The summed E-state index contributed by atoms with van der Waals surface area (Å²) in [6.07, 6.45) is -2.57. The van der Waals surface area contributed by atoms with Crippen LogP contribution in [0.3, 0.4) is 0 Å². The highest BCUT2D eigenvalue weighted by Gasteiger charge is 2.35. The van der Waals surface area contributed by atoms with Gasteiger partial charge in [-0.3, -0.25) is 0 Å². The Morgan fingerprint density at radius 1 is 1.29 bits per heavy atom. The maximum absolute atomic E-state index is 13.0. The highest BCUT2D eigenvalue weighted by Crippen LogP contribution is 2.33. The van der Waals surface area contributed by atoms with E-state index < -0.39 is 27.5 Å². The number of benzene rings is 1. The zero-order valence-electron chi connectivity index (χ0n) is 13.8. The van der Waals surface area contributed by atoms with Gasteiger partial charge in [-0.1, -0.05) is 32.0 Å². The summed E-state index contributed by atoms with van der Waals surface area (Å²) in [6.45, 7) is 5.09. The summed E-state index contributed by atoms with van der Waals surface area (Å²) in [7, 11) is -3.86.